The minimum atomic E-state index is -0.431. The van der Waals surface area contributed by atoms with E-state index in [4.69, 9.17) is 18.0 Å². The minimum Gasteiger partial charge on any atom is -0.466 e. The Kier molecular flexibility index (Phi) is 4.44. The Morgan fingerprint density at radius 1 is 1.69 bits per heavy atom. The Morgan fingerprint density at radius 3 is 2.94 bits per heavy atom. The van der Waals surface area contributed by atoms with Gasteiger partial charge in [0, 0.05) is 13.1 Å². The summed E-state index contributed by atoms with van der Waals surface area (Å²) in [6, 6.07) is 0. The van der Waals surface area contributed by atoms with Gasteiger partial charge in [0.1, 0.15) is 10.0 Å². The zero-order chi connectivity index (χ0) is 12.1. The molecular formula is C8H10N4O2S2. The minimum absolute atomic E-state index is 0.169. The number of hydrogen-bond donors (Lipinski definition) is 1. The number of methoxy groups -OCH3 is 1. The molecule has 0 amide bonds. The summed E-state index contributed by atoms with van der Waals surface area (Å²) in [6.07, 6.45) is 1.29. The first kappa shape index (κ1) is 12.7. The van der Waals surface area contributed by atoms with Gasteiger partial charge in [-0.1, -0.05) is 29.2 Å². The van der Waals surface area contributed by atoms with E-state index in [0.29, 0.717) is 10.7 Å². The highest BCUT2D eigenvalue weighted by molar-refractivity contribution is 8.02. The fourth-order valence-electron chi connectivity index (χ4n) is 0.857. The van der Waals surface area contributed by atoms with E-state index in [2.05, 4.69) is 15.0 Å². The Bertz CT molecular complexity index is 441. The summed E-state index contributed by atoms with van der Waals surface area (Å²) in [4.78, 5) is 11.0. The van der Waals surface area contributed by atoms with Crippen molar-refractivity contribution in [3.05, 3.63) is 17.2 Å². The third-order valence-electron chi connectivity index (χ3n) is 1.59. The van der Waals surface area contributed by atoms with Crippen LogP contribution in [0.2, 0.25) is 0 Å². The van der Waals surface area contributed by atoms with Gasteiger partial charge in [0.15, 0.2) is 5.69 Å². The average Bonchev–Trinajstić information content (AvgIpc) is 2.60. The molecule has 0 unspecified atom stereocenters. The second-order valence-corrected chi connectivity index (χ2v) is 4.01. The molecule has 0 saturated heterocycles. The maximum Gasteiger partial charge on any atom is 0.330 e. The molecule has 0 spiro atoms. The number of carbonyl (C=O) groups is 1. The summed E-state index contributed by atoms with van der Waals surface area (Å²) in [5.74, 6) is -0.431. The zero-order valence-corrected chi connectivity index (χ0v) is 10.3. The Balaban J connectivity index is 2.80. The van der Waals surface area contributed by atoms with Gasteiger partial charge >= 0.3 is 5.97 Å². The van der Waals surface area contributed by atoms with E-state index in [9.17, 15) is 4.79 Å². The molecule has 86 valence electrons. The number of aromatic nitrogens is 3. The highest BCUT2D eigenvalue weighted by atomic mass is 32.2. The SMILES string of the molecule is COC(=O)/C=C\Sc1c(C(N)=S)nnn1C. The molecule has 0 aliphatic heterocycles. The number of nitrogens with two attached hydrogens (primary N) is 1. The Labute approximate surface area is 102 Å². The van der Waals surface area contributed by atoms with E-state index < -0.39 is 5.97 Å². The molecule has 0 bridgehead atoms. The van der Waals surface area contributed by atoms with E-state index >= 15 is 0 Å². The first-order chi connectivity index (χ1) is 7.56. The van der Waals surface area contributed by atoms with Gasteiger partial charge in [-0.2, -0.15) is 0 Å². The van der Waals surface area contributed by atoms with Crippen molar-refractivity contribution in [3.63, 3.8) is 0 Å². The average molecular weight is 258 g/mol. The maximum atomic E-state index is 10.8. The topological polar surface area (TPSA) is 83.0 Å². The summed E-state index contributed by atoms with van der Waals surface area (Å²) in [5, 5.41) is 9.83. The fourth-order valence-corrected chi connectivity index (χ4v) is 1.82. The van der Waals surface area contributed by atoms with Crippen molar-refractivity contribution in [1.29, 1.82) is 0 Å². The van der Waals surface area contributed by atoms with Gasteiger partial charge < -0.3 is 10.5 Å². The largest absolute Gasteiger partial charge is 0.466 e. The van der Waals surface area contributed by atoms with Gasteiger partial charge in [-0.15, -0.1) is 5.10 Å². The van der Waals surface area contributed by atoms with Crippen molar-refractivity contribution < 1.29 is 9.53 Å². The van der Waals surface area contributed by atoms with Crippen molar-refractivity contribution >= 4 is 34.9 Å². The number of carbonyl (C=O) groups excluding carboxylic acids is 1. The van der Waals surface area contributed by atoms with Crippen LogP contribution in [-0.4, -0.2) is 33.1 Å². The van der Waals surface area contributed by atoms with Gasteiger partial charge in [-0.05, 0) is 5.41 Å². The maximum absolute atomic E-state index is 10.8. The molecule has 1 aromatic rings. The summed E-state index contributed by atoms with van der Waals surface area (Å²) >= 11 is 6.06. The highest BCUT2D eigenvalue weighted by Gasteiger charge is 2.12. The molecule has 2 N–H and O–H groups in total. The molecule has 0 fully saturated rings. The Hall–Kier alpha value is -1.41. The molecule has 1 heterocycles. The van der Waals surface area contributed by atoms with E-state index in [1.165, 1.54) is 29.6 Å². The van der Waals surface area contributed by atoms with Crippen LogP contribution in [0.5, 0.6) is 0 Å². The molecule has 0 aliphatic rings. The number of aryl methyl sites for hydroxylation is 1. The quantitative estimate of drug-likeness (QED) is 0.358. The molecular weight excluding hydrogens is 248 g/mol. The number of thiocarbonyl (C=S) groups is 1. The molecule has 0 atom stereocenters. The molecule has 0 aliphatic carbocycles. The van der Waals surface area contributed by atoms with Crippen LogP contribution in [0.15, 0.2) is 16.5 Å². The number of esters is 1. The smallest absolute Gasteiger partial charge is 0.330 e. The molecule has 0 saturated carbocycles. The number of ether oxygens (including phenoxy) is 1. The van der Waals surface area contributed by atoms with Crippen molar-refractivity contribution in [1.82, 2.24) is 15.0 Å². The number of hydrogen-bond acceptors (Lipinski definition) is 6. The second-order valence-electron chi connectivity index (χ2n) is 2.67. The molecule has 1 aromatic heterocycles. The third kappa shape index (κ3) is 3.04. The first-order valence-electron chi connectivity index (χ1n) is 4.17. The zero-order valence-electron chi connectivity index (χ0n) is 8.71. The van der Waals surface area contributed by atoms with Crippen LogP contribution in [-0.2, 0) is 16.6 Å². The molecule has 6 nitrogen and oxygen atoms in total. The van der Waals surface area contributed by atoms with Crippen molar-refractivity contribution in [2.75, 3.05) is 7.11 Å². The monoisotopic (exact) mass is 258 g/mol. The summed E-state index contributed by atoms with van der Waals surface area (Å²) < 4.78 is 5.98. The summed E-state index contributed by atoms with van der Waals surface area (Å²) in [7, 11) is 3.02. The van der Waals surface area contributed by atoms with Crippen LogP contribution < -0.4 is 5.73 Å². The normalized spacial score (nSPS) is 10.6. The molecule has 16 heavy (non-hydrogen) atoms. The van der Waals surface area contributed by atoms with Crippen LogP contribution in [0.3, 0.4) is 0 Å². The third-order valence-corrected chi connectivity index (χ3v) is 2.74. The Morgan fingerprint density at radius 2 is 2.38 bits per heavy atom. The molecule has 1 rings (SSSR count). The van der Waals surface area contributed by atoms with Crippen LogP contribution in [0.1, 0.15) is 5.69 Å². The van der Waals surface area contributed by atoms with Crippen molar-refractivity contribution in [3.8, 4) is 0 Å². The van der Waals surface area contributed by atoms with E-state index in [1.807, 2.05) is 0 Å². The predicted molar refractivity (Wildman–Crippen MR) is 63.9 cm³/mol. The van der Waals surface area contributed by atoms with Gasteiger partial charge in [0.2, 0.25) is 0 Å². The molecule has 0 radical (unpaired) electrons. The lowest BCUT2D eigenvalue weighted by molar-refractivity contribution is -0.134. The van der Waals surface area contributed by atoms with Crippen LogP contribution in [0.4, 0.5) is 0 Å². The van der Waals surface area contributed by atoms with Gasteiger partial charge in [0.05, 0.1) is 7.11 Å². The van der Waals surface area contributed by atoms with E-state index in [-0.39, 0.29) is 4.99 Å². The number of nitrogens with zero attached hydrogens (tertiary/aromatic N) is 3. The van der Waals surface area contributed by atoms with Gasteiger partial charge in [-0.25, -0.2) is 9.48 Å². The van der Waals surface area contributed by atoms with Gasteiger partial charge in [-0.3, -0.25) is 0 Å². The van der Waals surface area contributed by atoms with Crippen LogP contribution in [0.25, 0.3) is 0 Å². The predicted octanol–water partition coefficient (Wildman–Crippen LogP) is 0.228. The fraction of sp³-hybridized carbons (Fsp3) is 0.250. The number of thioether (sulfide) groups is 1. The lowest BCUT2D eigenvalue weighted by Gasteiger charge is -1.98. The van der Waals surface area contributed by atoms with Gasteiger partial charge in [0.25, 0.3) is 0 Å². The summed E-state index contributed by atoms with van der Waals surface area (Å²) in [5.41, 5.74) is 5.91. The second kappa shape index (κ2) is 5.61. The lowest BCUT2D eigenvalue weighted by atomic mass is 10.5. The highest BCUT2D eigenvalue weighted by Crippen LogP contribution is 2.21. The van der Waals surface area contributed by atoms with E-state index in [1.54, 1.807) is 12.5 Å². The van der Waals surface area contributed by atoms with E-state index in [0.717, 1.165) is 0 Å². The molecule has 0 aromatic carbocycles. The molecule has 8 heteroatoms. The standard InChI is InChI=1S/C8H10N4O2S2/c1-12-8(6(7(9)15)10-11-12)16-4-3-5(13)14-2/h3-4H,1-2H3,(H2,9,15)/b4-3-. The van der Waals surface area contributed by atoms with Crippen LogP contribution >= 0.6 is 24.0 Å². The summed E-state index contributed by atoms with van der Waals surface area (Å²) in [6.45, 7) is 0. The number of rotatable bonds is 4. The first-order valence-corrected chi connectivity index (χ1v) is 5.45. The van der Waals surface area contributed by atoms with Crippen molar-refractivity contribution in [2.24, 2.45) is 12.8 Å². The van der Waals surface area contributed by atoms with Crippen molar-refractivity contribution in [2.45, 2.75) is 5.03 Å². The van der Waals surface area contributed by atoms with Crippen LogP contribution in [0, 0.1) is 0 Å². The lowest BCUT2D eigenvalue weighted by Crippen LogP contribution is -2.11.